The van der Waals surface area contributed by atoms with Gasteiger partial charge >= 0.3 is 0 Å². The Kier molecular flexibility index (Phi) is 10.0. The number of sulfonamides is 1. The molecule has 3 aromatic carbocycles. The molecule has 7 nitrogen and oxygen atoms in total. The molecule has 1 N–H and O–H groups in total. The van der Waals surface area contributed by atoms with E-state index in [0.717, 1.165) is 21.0 Å². The second-order valence-electron chi connectivity index (χ2n) is 9.69. The zero-order valence-electron chi connectivity index (χ0n) is 22.6. The molecular formula is C29H33Cl2N3O4S. The topological polar surface area (TPSA) is 86.8 Å². The maximum atomic E-state index is 14.0. The molecule has 0 aliphatic rings. The summed E-state index contributed by atoms with van der Waals surface area (Å²) in [5.41, 5.74) is 2.72. The summed E-state index contributed by atoms with van der Waals surface area (Å²) in [6, 6.07) is 17.4. The molecule has 1 atom stereocenters. The van der Waals surface area contributed by atoms with Gasteiger partial charge in [-0.1, -0.05) is 71.2 Å². The Bertz CT molecular complexity index is 1440. The first-order valence-corrected chi connectivity index (χ1v) is 14.7. The van der Waals surface area contributed by atoms with Gasteiger partial charge in [-0.2, -0.15) is 0 Å². The summed E-state index contributed by atoms with van der Waals surface area (Å²) in [5.74, 6) is -0.919. The van der Waals surface area contributed by atoms with Gasteiger partial charge in [0, 0.05) is 12.6 Å². The number of anilines is 1. The lowest BCUT2D eigenvalue weighted by molar-refractivity contribution is -0.139. The summed E-state index contributed by atoms with van der Waals surface area (Å²) in [7, 11) is -4.24. The third-order valence-electron chi connectivity index (χ3n) is 6.29. The first-order valence-electron chi connectivity index (χ1n) is 12.5. The Hall–Kier alpha value is -3.07. The predicted molar refractivity (Wildman–Crippen MR) is 157 cm³/mol. The SMILES string of the molecule is Cc1ccc(S(=O)(=O)N(CC(=O)N(Cc2ccccc2C)C(C)C(=O)NC(C)C)c2cccc(Cl)c2Cl)cc1. The lowest BCUT2D eigenvalue weighted by atomic mass is 10.1. The van der Waals surface area contributed by atoms with E-state index in [4.69, 9.17) is 23.2 Å². The van der Waals surface area contributed by atoms with Crippen molar-refractivity contribution >= 4 is 50.7 Å². The molecule has 0 bridgehead atoms. The van der Waals surface area contributed by atoms with Gasteiger partial charge in [0.2, 0.25) is 11.8 Å². The van der Waals surface area contributed by atoms with Crippen LogP contribution in [0.15, 0.2) is 71.6 Å². The maximum absolute atomic E-state index is 14.0. The van der Waals surface area contributed by atoms with E-state index in [9.17, 15) is 18.0 Å². The second-order valence-corrected chi connectivity index (χ2v) is 12.3. The van der Waals surface area contributed by atoms with Crippen LogP contribution in [0, 0.1) is 13.8 Å². The molecule has 0 aromatic heterocycles. The zero-order valence-corrected chi connectivity index (χ0v) is 24.9. The minimum Gasteiger partial charge on any atom is -0.352 e. The van der Waals surface area contributed by atoms with E-state index in [2.05, 4.69) is 5.32 Å². The Morgan fingerprint density at radius 1 is 0.897 bits per heavy atom. The quantitative estimate of drug-likeness (QED) is 0.326. The van der Waals surface area contributed by atoms with Gasteiger partial charge < -0.3 is 10.2 Å². The van der Waals surface area contributed by atoms with Gasteiger partial charge in [-0.05, 0) is 70.0 Å². The van der Waals surface area contributed by atoms with Crippen LogP contribution in [-0.2, 0) is 26.2 Å². The molecular weight excluding hydrogens is 557 g/mol. The molecule has 208 valence electrons. The Morgan fingerprint density at radius 3 is 2.15 bits per heavy atom. The summed E-state index contributed by atoms with van der Waals surface area (Å²) in [6.07, 6.45) is 0. The molecule has 2 amide bonds. The number of benzene rings is 3. The highest BCUT2D eigenvalue weighted by Gasteiger charge is 2.34. The molecule has 0 saturated carbocycles. The molecule has 0 aliphatic carbocycles. The summed E-state index contributed by atoms with van der Waals surface area (Å²) < 4.78 is 28.8. The van der Waals surface area contributed by atoms with Crippen LogP contribution in [0.4, 0.5) is 5.69 Å². The van der Waals surface area contributed by atoms with Crippen LogP contribution in [0.5, 0.6) is 0 Å². The fourth-order valence-electron chi connectivity index (χ4n) is 3.99. The Labute approximate surface area is 240 Å². The number of rotatable bonds is 10. The van der Waals surface area contributed by atoms with Crippen LogP contribution < -0.4 is 9.62 Å². The number of hydrogen-bond acceptors (Lipinski definition) is 4. The van der Waals surface area contributed by atoms with Crippen molar-refractivity contribution in [2.24, 2.45) is 0 Å². The van der Waals surface area contributed by atoms with Crippen LogP contribution in [0.25, 0.3) is 0 Å². The smallest absolute Gasteiger partial charge is 0.264 e. The fraction of sp³-hybridized carbons (Fsp3) is 0.310. The average molecular weight is 591 g/mol. The van der Waals surface area contributed by atoms with Crippen molar-refractivity contribution in [2.45, 2.75) is 58.1 Å². The first-order chi connectivity index (χ1) is 18.3. The van der Waals surface area contributed by atoms with Crippen LogP contribution >= 0.6 is 23.2 Å². The van der Waals surface area contributed by atoms with Gasteiger partial charge in [-0.3, -0.25) is 13.9 Å². The van der Waals surface area contributed by atoms with E-state index in [1.807, 2.05) is 52.0 Å². The molecule has 1 unspecified atom stereocenters. The van der Waals surface area contributed by atoms with Gasteiger partial charge in [-0.15, -0.1) is 0 Å². The van der Waals surface area contributed by atoms with Crippen LogP contribution in [-0.4, -0.2) is 43.8 Å². The fourth-order valence-corrected chi connectivity index (χ4v) is 5.87. The zero-order chi connectivity index (χ0) is 28.9. The van der Waals surface area contributed by atoms with Crippen molar-refractivity contribution in [3.8, 4) is 0 Å². The maximum Gasteiger partial charge on any atom is 0.264 e. The summed E-state index contributed by atoms with van der Waals surface area (Å²) in [4.78, 5) is 28.3. The molecule has 3 rings (SSSR count). The van der Waals surface area contributed by atoms with E-state index in [0.29, 0.717) is 0 Å². The van der Waals surface area contributed by atoms with Crippen molar-refractivity contribution in [3.63, 3.8) is 0 Å². The van der Waals surface area contributed by atoms with Crippen molar-refractivity contribution in [3.05, 3.63) is 93.5 Å². The minimum atomic E-state index is -4.24. The van der Waals surface area contributed by atoms with E-state index in [-0.39, 0.29) is 39.1 Å². The van der Waals surface area contributed by atoms with Crippen molar-refractivity contribution < 1.29 is 18.0 Å². The lowest BCUT2D eigenvalue weighted by Crippen LogP contribution is -2.52. The van der Waals surface area contributed by atoms with Crippen LogP contribution in [0.1, 0.15) is 37.5 Å². The standard InChI is InChI=1S/C29H33Cl2N3O4S/c1-19(2)32-29(36)22(5)33(17-23-10-7-6-9-21(23)4)27(35)18-34(26-12-8-11-25(30)28(26)31)39(37,38)24-15-13-20(3)14-16-24/h6-16,19,22H,17-18H2,1-5H3,(H,32,36). The van der Waals surface area contributed by atoms with Gasteiger partial charge in [0.15, 0.2) is 0 Å². The first kappa shape index (κ1) is 30.5. The number of amides is 2. The molecule has 0 radical (unpaired) electrons. The predicted octanol–water partition coefficient (Wildman–Crippen LogP) is 5.75. The number of aryl methyl sites for hydroxylation is 2. The third-order valence-corrected chi connectivity index (χ3v) is 8.87. The monoisotopic (exact) mass is 589 g/mol. The summed E-state index contributed by atoms with van der Waals surface area (Å²) in [5, 5.41) is 2.98. The van der Waals surface area contributed by atoms with E-state index in [1.54, 1.807) is 25.1 Å². The molecule has 0 fully saturated rings. The number of carbonyl (C=O) groups excluding carboxylic acids is 2. The highest BCUT2D eigenvalue weighted by molar-refractivity contribution is 7.92. The molecule has 0 saturated heterocycles. The molecule has 0 spiro atoms. The second kappa shape index (κ2) is 12.9. The molecule has 10 heteroatoms. The molecule has 39 heavy (non-hydrogen) atoms. The molecule has 0 heterocycles. The normalized spacial score (nSPS) is 12.2. The van der Waals surface area contributed by atoms with Gasteiger partial charge in [0.25, 0.3) is 10.0 Å². The van der Waals surface area contributed by atoms with Crippen molar-refractivity contribution in [1.29, 1.82) is 0 Å². The van der Waals surface area contributed by atoms with Gasteiger partial charge in [-0.25, -0.2) is 8.42 Å². The largest absolute Gasteiger partial charge is 0.352 e. The molecule has 3 aromatic rings. The van der Waals surface area contributed by atoms with Crippen LogP contribution in [0.3, 0.4) is 0 Å². The van der Waals surface area contributed by atoms with Crippen molar-refractivity contribution in [2.75, 3.05) is 10.8 Å². The Balaban J connectivity index is 2.09. The van der Waals surface area contributed by atoms with E-state index < -0.39 is 28.5 Å². The number of nitrogens with zero attached hydrogens (tertiary/aromatic N) is 2. The molecule has 0 aliphatic heterocycles. The van der Waals surface area contributed by atoms with E-state index in [1.165, 1.54) is 29.2 Å². The van der Waals surface area contributed by atoms with Gasteiger partial charge in [0.05, 0.1) is 20.6 Å². The summed E-state index contributed by atoms with van der Waals surface area (Å²) in [6.45, 7) is 8.56. The number of carbonyl (C=O) groups is 2. The minimum absolute atomic E-state index is 0.00120. The highest BCUT2D eigenvalue weighted by Crippen LogP contribution is 2.35. The third kappa shape index (κ3) is 7.32. The van der Waals surface area contributed by atoms with E-state index >= 15 is 0 Å². The highest BCUT2D eigenvalue weighted by atomic mass is 35.5. The number of nitrogens with one attached hydrogen (secondary N) is 1. The van der Waals surface area contributed by atoms with Crippen LogP contribution in [0.2, 0.25) is 10.0 Å². The lowest BCUT2D eigenvalue weighted by Gasteiger charge is -2.33. The number of halogens is 2. The average Bonchev–Trinajstić information content (AvgIpc) is 2.88. The number of hydrogen-bond donors (Lipinski definition) is 1. The Morgan fingerprint density at radius 2 is 1.54 bits per heavy atom. The summed E-state index contributed by atoms with van der Waals surface area (Å²) >= 11 is 12.7. The van der Waals surface area contributed by atoms with Crippen molar-refractivity contribution in [1.82, 2.24) is 10.2 Å². The van der Waals surface area contributed by atoms with Gasteiger partial charge in [0.1, 0.15) is 12.6 Å².